The van der Waals surface area contributed by atoms with E-state index in [2.05, 4.69) is 11.0 Å². The van der Waals surface area contributed by atoms with Gasteiger partial charge >= 0.3 is 0 Å². The average Bonchev–Trinajstić information content (AvgIpc) is 2.29. The van der Waals surface area contributed by atoms with Crippen molar-refractivity contribution in [2.45, 2.75) is 12.8 Å². The topological polar surface area (TPSA) is 50.6 Å². The van der Waals surface area contributed by atoms with Gasteiger partial charge in [0.15, 0.2) is 0 Å². The summed E-state index contributed by atoms with van der Waals surface area (Å²) in [4.78, 5) is 18.0. The fraction of sp³-hybridized carbons (Fsp3) is 0.833. The summed E-state index contributed by atoms with van der Waals surface area (Å²) in [5, 5.41) is 8.47. The van der Waals surface area contributed by atoms with Crippen molar-refractivity contribution in [3.05, 3.63) is 0 Å². The van der Waals surface area contributed by atoms with Crippen molar-refractivity contribution in [1.29, 1.82) is 5.26 Å². The SMILES string of the molecule is CN(C)CC(=O)N1CCN(CCCC#N)CC1. The molecule has 96 valence electrons. The van der Waals surface area contributed by atoms with E-state index in [1.54, 1.807) is 0 Å². The van der Waals surface area contributed by atoms with Gasteiger partial charge in [-0.05, 0) is 27.1 Å². The highest BCUT2D eigenvalue weighted by Gasteiger charge is 2.20. The molecule has 0 aromatic heterocycles. The molecule has 0 bridgehead atoms. The number of carbonyl (C=O) groups is 1. The fourth-order valence-electron chi connectivity index (χ4n) is 1.97. The summed E-state index contributed by atoms with van der Waals surface area (Å²) in [6, 6.07) is 2.16. The van der Waals surface area contributed by atoms with Gasteiger partial charge in [-0.15, -0.1) is 0 Å². The van der Waals surface area contributed by atoms with Crippen molar-refractivity contribution in [3.8, 4) is 6.07 Å². The summed E-state index contributed by atoms with van der Waals surface area (Å²) in [7, 11) is 3.83. The number of nitrogens with zero attached hydrogens (tertiary/aromatic N) is 4. The first-order chi connectivity index (χ1) is 8.13. The van der Waals surface area contributed by atoms with E-state index in [9.17, 15) is 4.79 Å². The number of piperazine rings is 1. The van der Waals surface area contributed by atoms with E-state index in [-0.39, 0.29) is 5.91 Å². The van der Waals surface area contributed by atoms with E-state index >= 15 is 0 Å². The Labute approximate surface area is 104 Å². The van der Waals surface area contributed by atoms with E-state index < -0.39 is 0 Å². The van der Waals surface area contributed by atoms with Crippen molar-refractivity contribution < 1.29 is 4.79 Å². The van der Waals surface area contributed by atoms with E-state index in [1.165, 1.54) is 0 Å². The molecule has 1 amide bonds. The monoisotopic (exact) mass is 238 g/mol. The van der Waals surface area contributed by atoms with Gasteiger partial charge in [-0.2, -0.15) is 5.26 Å². The van der Waals surface area contributed by atoms with Gasteiger partial charge in [0.1, 0.15) is 0 Å². The zero-order chi connectivity index (χ0) is 12.7. The number of nitriles is 1. The second kappa shape index (κ2) is 7.25. The molecule has 0 aromatic rings. The number of hydrogen-bond donors (Lipinski definition) is 0. The van der Waals surface area contributed by atoms with E-state index in [0.717, 1.165) is 39.1 Å². The maximum Gasteiger partial charge on any atom is 0.236 e. The molecule has 0 N–H and O–H groups in total. The number of rotatable bonds is 5. The normalized spacial score (nSPS) is 17.2. The van der Waals surface area contributed by atoms with Crippen LogP contribution in [-0.4, -0.2) is 74.0 Å². The van der Waals surface area contributed by atoms with E-state index in [1.807, 2.05) is 23.9 Å². The number of carbonyl (C=O) groups excluding carboxylic acids is 1. The van der Waals surface area contributed by atoms with Crippen molar-refractivity contribution >= 4 is 5.91 Å². The lowest BCUT2D eigenvalue weighted by Crippen LogP contribution is -2.50. The van der Waals surface area contributed by atoms with Crippen LogP contribution in [0, 0.1) is 11.3 Å². The standard InChI is InChI=1S/C12H22N4O/c1-14(2)11-12(17)16-9-7-15(8-10-16)6-4-3-5-13/h3-4,6-11H2,1-2H3. The molecule has 0 aliphatic carbocycles. The minimum atomic E-state index is 0.215. The molecular formula is C12H22N4O. The third kappa shape index (κ3) is 5.16. The van der Waals surface area contributed by atoms with Gasteiger partial charge in [0.25, 0.3) is 0 Å². The molecule has 17 heavy (non-hydrogen) atoms. The van der Waals surface area contributed by atoms with Crippen LogP contribution in [0.2, 0.25) is 0 Å². The van der Waals surface area contributed by atoms with Crippen LogP contribution < -0.4 is 0 Å². The van der Waals surface area contributed by atoms with E-state index in [4.69, 9.17) is 5.26 Å². The Bertz CT molecular complexity index is 277. The van der Waals surface area contributed by atoms with Gasteiger partial charge in [0, 0.05) is 32.6 Å². The summed E-state index contributed by atoms with van der Waals surface area (Å²) >= 11 is 0. The molecule has 1 rings (SSSR count). The molecule has 0 spiro atoms. The molecule has 0 atom stereocenters. The molecule has 5 nitrogen and oxygen atoms in total. The molecular weight excluding hydrogens is 216 g/mol. The Kier molecular flexibility index (Phi) is 5.95. The van der Waals surface area contributed by atoms with Crippen LogP contribution in [0.3, 0.4) is 0 Å². The Morgan fingerprint density at radius 1 is 1.29 bits per heavy atom. The van der Waals surface area contributed by atoms with Crippen LogP contribution in [0.5, 0.6) is 0 Å². The lowest BCUT2D eigenvalue weighted by atomic mass is 10.2. The first kappa shape index (κ1) is 13.9. The Morgan fingerprint density at radius 2 is 1.94 bits per heavy atom. The molecule has 0 unspecified atom stereocenters. The third-order valence-corrected chi connectivity index (χ3v) is 2.94. The second-order valence-electron chi connectivity index (χ2n) is 4.72. The smallest absolute Gasteiger partial charge is 0.236 e. The third-order valence-electron chi connectivity index (χ3n) is 2.94. The second-order valence-corrected chi connectivity index (χ2v) is 4.72. The first-order valence-corrected chi connectivity index (χ1v) is 6.15. The molecule has 1 saturated heterocycles. The lowest BCUT2D eigenvalue weighted by molar-refractivity contribution is -0.133. The summed E-state index contributed by atoms with van der Waals surface area (Å²) in [5.41, 5.74) is 0. The highest BCUT2D eigenvalue weighted by atomic mass is 16.2. The molecule has 0 saturated carbocycles. The lowest BCUT2D eigenvalue weighted by Gasteiger charge is -2.35. The fourth-order valence-corrected chi connectivity index (χ4v) is 1.97. The Morgan fingerprint density at radius 3 is 2.47 bits per heavy atom. The minimum absolute atomic E-state index is 0.215. The van der Waals surface area contributed by atoms with Crippen LogP contribution in [0.25, 0.3) is 0 Å². The van der Waals surface area contributed by atoms with Crippen molar-refractivity contribution in [2.75, 3.05) is 53.4 Å². The number of likely N-dealkylation sites (N-methyl/N-ethyl adjacent to an activating group) is 1. The zero-order valence-corrected chi connectivity index (χ0v) is 10.9. The van der Waals surface area contributed by atoms with Crippen LogP contribution >= 0.6 is 0 Å². The maximum atomic E-state index is 11.8. The van der Waals surface area contributed by atoms with Gasteiger partial charge < -0.3 is 9.80 Å². The summed E-state index contributed by atoms with van der Waals surface area (Å²) in [5.74, 6) is 0.215. The van der Waals surface area contributed by atoms with Crippen LogP contribution in [0.1, 0.15) is 12.8 Å². The summed E-state index contributed by atoms with van der Waals surface area (Å²) in [6.07, 6.45) is 1.56. The van der Waals surface area contributed by atoms with Gasteiger partial charge in [-0.1, -0.05) is 0 Å². The van der Waals surface area contributed by atoms with Crippen molar-refractivity contribution in [3.63, 3.8) is 0 Å². The van der Waals surface area contributed by atoms with E-state index in [0.29, 0.717) is 13.0 Å². The largest absolute Gasteiger partial charge is 0.339 e. The molecule has 1 heterocycles. The van der Waals surface area contributed by atoms with Gasteiger partial charge in [0.05, 0.1) is 12.6 Å². The molecule has 0 radical (unpaired) electrons. The van der Waals surface area contributed by atoms with Gasteiger partial charge in [-0.3, -0.25) is 9.69 Å². The van der Waals surface area contributed by atoms with Gasteiger partial charge in [0.2, 0.25) is 5.91 Å². The minimum Gasteiger partial charge on any atom is -0.339 e. The van der Waals surface area contributed by atoms with Crippen molar-refractivity contribution in [1.82, 2.24) is 14.7 Å². The van der Waals surface area contributed by atoms with Crippen LogP contribution in [-0.2, 0) is 4.79 Å². The molecule has 0 aromatic carbocycles. The quantitative estimate of drug-likeness (QED) is 0.632. The van der Waals surface area contributed by atoms with Crippen LogP contribution in [0.15, 0.2) is 0 Å². The van der Waals surface area contributed by atoms with Crippen LogP contribution in [0.4, 0.5) is 0 Å². The molecule has 1 aliphatic heterocycles. The Hall–Kier alpha value is -1.12. The van der Waals surface area contributed by atoms with Gasteiger partial charge in [-0.25, -0.2) is 0 Å². The van der Waals surface area contributed by atoms with Crippen molar-refractivity contribution in [2.24, 2.45) is 0 Å². The Balaban J connectivity index is 2.21. The highest BCUT2D eigenvalue weighted by Crippen LogP contribution is 2.04. The average molecular weight is 238 g/mol. The summed E-state index contributed by atoms with van der Waals surface area (Å²) < 4.78 is 0. The predicted octanol–water partition coefficient (Wildman–Crippen LogP) is -0.00402. The molecule has 1 fully saturated rings. The number of hydrogen-bond acceptors (Lipinski definition) is 4. The summed E-state index contributed by atoms with van der Waals surface area (Å²) in [6.45, 7) is 4.98. The maximum absolute atomic E-state index is 11.8. The number of amides is 1. The predicted molar refractivity (Wildman–Crippen MR) is 66.4 cm³/mol. The number of unbranched alkanes of at least 4 members (excludes halogenated alkanes) is 1. The molecule has 1 aliphatic rings. The zero-order valence-electron chi connectivity index (χ0n) is 10.9. The highest BCUT2D eigenvalue weighted by molar-refractivity contribution is 5.78. The first-order valence-electron chi connectivity index (χ1n) is 6.15. The molecule has 5 heteroatoms.